The van der Waals surface area contributed by atoms with Gasteiger partial charge in [-0.1, -0.05) is 0 Å². The van der Waals surface area contributed by atoms with Crippen LogP contribution in [0.5, 0.6) is 0 Å². The summed E-state index contributed by atoms with van der Waals surface area (Å²) >= 11 is 0. The van der Waals surface area contributed by atoms with Gasteiger partial charge in [-0.3, -0.25) is 4.68 Å². The molecule has 2 heterocycles. The highest BCUT2D eigenvalue weighted by molar-refractivity contribution is 5.47. The van der Waals surface area contributed by atoms with Gasteiger partial charge in [0.2, 0.25) is 5.89 Å². The Labute approximate surface area is 87.9 Å². The van der Waals surface area contributed by atoms with Gasteiger partial charge in [-0.25, -0.2) is 0 Å². The van der Waals surface area contributed by atoms with E-state index in [0.717, 1.165) is 10.7 Å². The first-order chi connectivity index (χ1) is 7.38. The molecule has 0 amide bonds. The standard InChI is InChI=1S/C8H7F3N4O/c1-4-12-13-7(16-4)5-3-6(8(9,10)11)15(2)14-5/h3H,1-2H3. The summed E-state index contributed by atoms with van der Waals surface area (Å²) in [4.78, 5) is 0. The van der Waals surface area contributed by atoms with Crippen molar-refractivity contribution in [2.45, 2.75) is 13.1 Å². The van der Waals surface area contributed by atoms with Crippen LogP contribution < -0.4 is 0 Å². The quantitative estimate of drug-likeness (QED) is 0.752. The highest BCUT2D eigenvalue weighted by atomic mass is 19.4. The first-order valence-corrected chi connectivity index (χ1v) is 4.29. The van der Waals surface area contributed by atoms with E-state index in [1.54, 1.807) is 6.92 Å². The zero-order valence-corrected chi connectivity index (χ0v) is 8.41. The van der Waals surface area contributed by atoms with Crippen molar-refractivity contribution in [1.29, 1.82) is 0 Å². The van der Waals surface area contributed by atoms with Crippen LogP contribution in [-0.4, -0.2) is 20.0 Å². The first kappa shape index (κ1) is 10.7. The molecule has 5 nitrogen and oxygen atoms in total. The predicted octanol–water partition coefficient (Wildman–Crippen LogP) is 1.80. The lowest BCUT2D eigenvalue weighted by Crippen LogP contribution is -2.11. The molecule has 0 saturated carbocycles. The Hall–Kier alpha value is -1.86. The molecular formula is C8H7F3N4O. The van der Waals surface area contributed by atoms with Gasteiger partial charge in [-0.05, 0) is 0 Å². The molecule has 0 bridgehead atoms. The maximum Gasteiger partial charge on any atom is 0.433 e. The van der Waals surface area contributed by atoms with Crippen LogP contribution in [0.4, 0.5) is 13.2 Å². The lowest BCUT2D eigenvalue weighted by Gasteiger charge is -2.04. The van der Waals surface area contributed by atoms with Crippen molar-refractivity contribution in [3.8, 4) is 11.6 Å². The van der Waals surface area contributed by atoms with Crippen LogP contribution in [0.2, 0.25) is 0 Å². The minimum Gasteiger partial charge on any atom is -0.420 e. The molecule has 0 radical (unpaired) electrons. The van der Waals surface area contributed by atoms with Crippen molar-refractivity contribution in [3.05, 3.63) is 17.7 Å². The monoisotopic (exact) mass is 232 g/mol. The lowest BCUT2D eigenvalue weighted by atomic mass is 10.3. The molecule has 86 valence electrons. The number of aryl methyl sites for hydroxylation is 2. The molecule has 0 spiro atoms. The van der Waals surface area contributed by atoms with Gasteiger partial charge in [0, 0.05) is 20.0 Å². The predicted molar refractivity (Wildman–Crippen MR) is 46.2 cm³/mol. The highest BCUT2D eigenvalue weighted by Crippen LogP contribution is 2.31. The second kappa shape index (κ2) is 3.32. The van der Waals surface area contributed by atoms with Crippen LogP contribution in [0.1, 0.15) is 11.6 Å². The number of halogens is 3. The summed E-state index contributed by atoms with van der Waals surface area (Å²) in [5.74, 6) is 0.248. The summed E-state index contributed by atoms with van der Waals surface area (Å²) in [5, 5.41) is 10.8. The zero-order chi connectivity index (χ0) is 11.9. The number of nitrogens with zero attached hydrogens (tertiary/aromatic N) is 4. The van der Waals surface area contributed by atoms with Crippen molar-refractivity contribution >= 4 is 0 Å². The summed E-state index contributed by atoms with van der Waals surface area (Å²) in [6.45, 7) is 1.55. The van der Waals surface area contributed by atoms with E-state index in [1.165, 1.54) is 7.05 Å². The molecule has 0 aliphatic carbocycles. The van der Waals surface area contributed by atoms with Gasteiger partial charge in [0.25, 0.3) is 5.89 Å². The Morgan fingerprint density at radius 3 is 2.44 bits per heavy atom. The summed E-state index contributed by atoms with van der Waals surface area (Å²) < 4.78 is 43.1. The van der Waals surface area contributed by atoms with E-state index in [4.69, 9.17) is 4.42 Å². The van der Waals surface area contributed by atoms with E-state index in [1.807, 2.05) is 0 Å². The summed E-state index contributed by atoms with van der Waals surface area (Å²) in [7, 11) is 1.20. The third kappa shape index (κ3) is 1.77. The van der Waals surface area contributed by atoms with Gasteiger partial charge in [-0.2, -0.15) is 18.3 Å². The van der Waals surface area contributed by atoms with Crippen molar-refractivity contribution in [3.63, 3.8) is 0 Å². The average molecular weight is 232 g/mol. The Morgan fingerprint density at radius 1 is 1.31 bits per heavy atom. The van der Waals surface area contributed by atoms with E-state index in [9.17, 15) is 13.2 Å². The smallest absolute Gasteiger partial charge is 0.420 e. The number of alkyl halides is 3. The molecule has 0 fully saturated rings. The fourth-order valence-electron chi connectivity index (χ4n) is 1.24. The third-order valence-electron chi connectivity index (χ3n) is 1.92. The summed E-state index contributed by atoms with van der Waals surface area (Å²) in [6.07, 6.45) is -4.45. The van der Waals surface area contributed by atoms with Gasteiger partial charge in [0.05, 0.1) is 0 Å². The molecule has 2 rings (SSSR count). The molecule has 0 saturated heterocycles. The van der Waals surface area contributed by atoms with Gasteiger partial charge in [0.1, 0.15) is 11.4 Å². The van der Waals surface area contributed by atoms with Crippen LogP contribution in [-0.2, 0) is 13.2 Å². The number of aromatic nitrogens is 4. The van der Waals surface area contributed by atoms with Gasteiger partial charge in [-0.15, -0.1) is 10.2 Å². The summed E-state index contributed by atoms with van der Waals surface area (Å²) in [5.41, 5.74) is -0.853. The molecular weight excluding hydrogens is 225 g/mol. The average Bonchev–Trinajstić information content (AvgIpc) is 2.70. The Morgan fingerprint density at radius 2 is 2.00 bits per heavy atom. The molecule has 0 aromatic carbocycles. The molecule has 0 aliphatic rings. The van der Waals surface area contributed by atoms with Gasteiger partial charge in [0.15, 0.2) is 0 Å². The largest absolute Gasteiger partial charge is 0.433 e. The molecule has 16 heavy (non-hydrogen) atoms. The number of hydrogen-bond donors (Lipinski definition) is 0. The zero-order valence-electron chi connectivity index (χ0n) is 8.41. The second-order valence-electron chi connectivity index (χ2n) is 3.16. The minimum atomic E-state index is -4.45. The molecule has 8 heteroatoms. The molecule has 0 N–H and O–H groups in total. The topological polar surface area (TPSA) is 56.7 Å². The van der Waals surface area contributed by atoms with Crippen LogP contribution in [0.3, 0.4) is 0 Å². The maximum absolute atomic E-state index is 12.5. The minimum absolute atomic E-state index is 0.00965. The summed E-state index contributed by atoms with van der Waals surface area (Å²) in [6, 6.07) is 0.868. The normalized spacial score (nSPS) is 12.1. The maximum atomic E-state index is 12.5. The van der Waals surface area contributed by atoms with Crippen molar-refractivity contribution in [2.75, 3.05) is 0 Å². The fraction of sp³-hybridized carbons (Fsp3) is 0.375. The van der Waals surface area contributed by atoms with Crippen molar-refractivity contribution in [1.82, 2.24) is 20.0 Å². The fourth-order valence-corrected chi connectivity index (χ4v) is 1.24. The number of rotatable bonds is 1. The van der Waals surface area contributed by atoms with Crippen LogP contribution >= 0.6 is 0 Å². The SMILES string of the molecule is Cc1nnc(-c2cc(C(F)(F)F)n(C)n2)o1. The molecule has 0 atom stereocenters. The molecule has 0 unspecified atom stereocenters. The van der Waals surface area contributed by atoms with E-state index in [0.29, 0.717) is 0 Å². The van der Waals surface area contributed by atoms with Crippen LogP contribution in [0.25, 0.3) is 11.6 Å². The lowest BCUT2D eigenvalue weighted by molar-refractivity contribution is -0.143. The molecule has 0 aliphatic heterocycles. The first-order valence-electron chi connectivity index (χ1n) is 4.29. The van der Waals surface area contributed by atoms with Gasteiger partial charge >= 0.3 is 6.18 Å². The van der Waals surface area contributed by atoms with E-state index in [-0.39, 0.29) is 17.5 Å². The van der Waals surface area contributed by atoms with Crippen molar-refractivity contribution < 1.29 is 17.6 Å². The van der Waals surface area contributed by atoms with Crippen LogP contribution in [0.15, 0.2) is 10.5 Å². The third-order valence-corrected chi connectivity index (χ3v) is 1.92. The number of hydrogen-bond acceptors (Lipinski definition) is 4. The van der Waals surface area contributed by atoms with E-state index < -0.39 is 11.9 Å². The Balaban J connectivity index is 2.46. The Kier molecular flexibility index (Phi) is 2.21. The van der Waals surface area contributed by atoms with E-state index in [2.05, 4.69) is 15.3 Å². The highest BCUT2D eigenvalue weighted by Gasteiger charge is 2.35. The molecule has 2 aromatic heterocycles. The van der Waals surface area contributed by atoms with Gasteiger partial charge < -0.3 is 4.42 Å². The van der Waals surface area contributed by atoms with Crippen molar-refractivity contribution in [2.24, 2.45) is 7.05 Å². The Bertz CT molecular complexity index is 514. The van der Waals surface area contributed by atoms with E-state index >= 15 is 0 Å². The van der Waals surface area contributed by atoms with Crippen LogP contribution in [0, 0.1) is 6.92 Å². The second-order valence-corrected chi connectivity index (χ2v) is 3.16. The molecule has 2 aromatic rings.